The van der Waals surface area contributed by atoms with Crippen LogP contribution in [0.15, 0.2) is 0 Å². The number of rotatable bonds is 1. The van der Waals surface area contributed by atoms with Crippen molar-refractivity contribution < 1.29 is 0 Å². The van der Waals surface area contributed by atoms with Gasteiger partial charge in [-0.25, -0.2) is 0 Å². The molecule has 0 radical (unpaired) electrons. The molecule has 0 amide bonds. The van der Waals surface area contributed by atoms with Crippen LogP contribution in [0.3, 0.4) is 0 Å². The van der Waals surface area contributed by atoms with Gasteiger partial charge in [-0.05, 0) is 12.8 Å². The first kappa shape index (κ1) is 7.97. The van der Waals surface area contributed by atoms with Crippen LogP contribution in [0, 0.1) is 12.3 Å². The van der Waals surface area contributed by atoms with Crippen molar-refractivity contribution in [3.8, 4) is 12.3 Å². The maximum atomic E-state index is 5.18. The number of terminal acetylenes is 1. The molecule has 1 heterocycles. The van der Waals surface area contributed by atoms with Gasteiger partial charge >= 0.3 is 0 Å². The Labute approximate surface area is 68.2 Å². The van der Waals surface area contributed by atoms with Crippen LogP contribution in [0.25, 0.3) is 0 Å². The molecule has 0 spiro atoms. The van der Waals surface area contributed by atoms with Crippen molar-refractivity contribution in [2.45, 2.75) is 18.1 Å². The molecule has 0 bridgehead atoms. The lowest BCUT2D eigenvalue weighted by Gasteiger charge is -2.27. The minimum atomic E-state index is 0.606. The van der Waals surface area contributed by atoms with E-state index in [-0.39, 0.29) is 0 Å². The first-order valence-electron chi connectivity index (χ1n) is 3.67. The Hall–Kier alpha value is -0.130. The van der Waals surface area contributed by atoms with Gasteiger partial charge in [0.05, 0.1) is 6.54 Å². The van der Waals surface area contributed by atoms with E-state index >= 15 is 0 Å². The topological polar surface area (TPSA) is 3.24 Å². The van der Waals surface area contributed by atoms with Gasteiger partial charge in [0, 0.05) is 18.3 Å². The van der Waals surface area contributed by atoms with Crippen LogP contribution in [0.1, 0.15) is 12.8 Å². The van der Waals surface area contributed by atoms with Crippen molar-refractivity contribution in [2.75, 3.05) is 19.6 Å². The van der Waals surface area contributed by atoms with E-state index in [4.69, 9.17) is 6.42 Å². The van der Waals surface area contributed by atoms with Crippen LogP contribution in [0.4, 0.5) is 0 Å². The van der Waals surface area contributed by atoms with Gasteiger partial charge in [0.2, 0.25) is 0 Å². The summed E-state index contributed by atoms with van der Waals surface area (Å²) in [5.74, 6) is 2.65. The number of piperidine rings is 1. The Morgan fingerprint density at radius 3 is 2.60 bits per heavy atom. The summed E-state index contributed by atoms with van der Waals surface area (Å²) >= 11 is 4.39. The summed E-state index contributed by atoms with van der Waals surface area (Å²) in [5, 5.41) is 0.606. The summed E-state index contributed by atoms with van der Waals surface area (Å²) in [7, 11) is 0. The highest BCUT2D eigenvalue weighted by Crippen LogP contribution is 2.13. The highest BCUT2D eigenvalue weighted by atomic mass is 32.1. The summed E-state index contributed by atoms with van der Waals surface area (Å²) in [6.45, 7) is 3.05. The minimum Gasteiger partial charge on any atom is -0.292 e. The summed E-state index contributed by atoms with van der Waals surface area (Å²) < 4.78 is 0. The highest BCUT2D eigenvalue weighted by Gasteiger charge is 2.14. The van der Waals surface area contributed by atoms with E-state index in [1.54, 1.807) is 0 Å². The smallest absolute Gasteiger partial charge is 0.0598 e. The molecule has 56 valence electrons. The van der Waals surface area contributed by atoms with Crippen molar-refractivity contribution in [3.05, 3.63) is 0 Å². The normalized spacial score (nSPS) is 22.4. The molecular weight excluding hydrogens is 142 g/mol. The van der Waals surface area contributed by atoms with Crippen LogP contribution < -0.4 is 0 Å². The van der Waals surface area contributed by atoms with Crippen LogP contribution in [-0.4, -0.2) is 29.8 Å². The van der Waals surface area contributed by atoms with Crippen LogP contribution in [0.5, 0.6) is 0 Å². The third-order valence-corrected chi connectivity index (χ3v) is 2.39. The summed E-state index contributed by atoms with van der Waals surface area (Å²) in [6.07, 6.45) is 7.55. The fraction of sp³-hybridized carbons (Fsp3) is 0.750. The van der Waals surface area contributed by atoms with E-state index in [1.807, 2.05) is 0 Å². The zero-order valence-electron chi connectivity index (χ0n) is 6.08. The second-order valence-electron chi connectivity index (χ2n) is 2.71. The Morgan fingerprint density at radius 1 is 1.50 bits per heavy atom. The average molecular weight is 155 g/mol. The van der Waals surface area contributed by atoms with Crippen LogP contribution in [0.2, 0.25) is 0 Å². The molecule has 1 aliphatic rings. The fourth-order valence-electron chi connectivity index (χ4n) is 1.21. The lowest BCUT2D eigenvalue weighted by Crippen LogP contribution is -2.34. The van der Waals surface area contributed by atoms with E-state index in [0.717, 1.165) is 19.6 Å². The molecule has 0 aromatic rings. The molecule has 0 unspecified atom stereocenters. The molecule has 1 nitrogen and oxygen atoms in total. The molecule has 1 saturated heterocycles. The molecule has 0 aliphatic carbocycles. The molecule has 10 heavy (non-hydrogen) atoms. The first-order valence-corrected chi connectivity index (χ1v) is 4.18. The monoisotopic (exact) mass is 155 g/mol. The Bertz CT molecular complexity index is 131. The van der Waals surface area contributed by atoms with Gasteiger partial charge in [0.25, 0.3) is 0 Å². The number of thiol groups is 1. The molecule has 0 N–H and O–H groups in total. The average Bonchev–Trinajstić information content (AvgIpc) is 1.95. The maximum absolute atomic E-state index is 5.18. The Morgan fingerprint density at radius 2 is 2.10 bits per heavy atom. The number of likely N-dealkylation sites (tertiary alicyclic amines) is 1. The number of hydrogen-bond donors (Lipinski definition) is 1. The predicted octanol–water partition coefficient (Wildman–Crippen LogP) is 1.01. The summed E-state index contributed by atoms with van der Waals surface area (Å²) in [4.78, 5) is 2.30. The lowest BCUT2D eigenvalue weighted by molar-refractivity contribution is 0.260. The fourth-order valence-corrected chi connectivity index (χ4v) is 1.44. The van der Waals surface area contributed by atoms with E-state index < -0.39 is 0 Å². The van der Waals surface area contributed by atoms with E-state index in [0.29, 0.717) is 5.25 Å². The SMILES string of the molecule is C#CCN1CCC(S)CC1. The third kappa shape index (κ3) is 2.24. The molecule has 1 aliphatic heterocycles. The van der Waals surface area contributed by atoms with Crippen molar-refractivity contribution in [3.63, 3.8) is 0 Å². The van der Waals surface area contributed by atoms with Crippen molar-refractivity contribution >= 4 is 12.6 Å². The Kier molecular flexibility index (Phi) is 3.11. The maximum Gasteiger partial charge on any atom is 0.0598 e. The van der Waals surface area contributed by atoms with E-state index in [1.165, 1.54) is 12.8 Å². The second-order valence-corrected chi connectivity index (χ2v) is 3.44. The first-order chi connectivity index (χ1) is 4.83. The second kappa shape index (κ2) is 3.90. The van der Waals surface area contributed by atoms with Gasteiger partial charge in [-0.15, -0.1) is 6.42 Å². The molecule has 0 atom stereocenters. The molecule has 2 heteroatoms. The summed E-state index contributed by atoms with van der Waals surface area (Å²) in [5.41, 5.74) is 0. The quantitative estimate of drug-likeness (QED) is 0.437. The van der Waals surface area contributed by atoms with Gasteiger partial charge < -0.3 is 0 Å². The van der Waals surface area contributed by atoms with Crippen LogP contribution in [-0.2, 0) is 0 Å². The molecule has 1 rings (SSSR count). The van der Waals surface area contributed by atoms with Crippen LogP contribution >= 0.6 is 12.6 Å². The van der Waals surface area contributed by atoms with Crippen molar-refractivity contribution in [1.82, 2.24) is 4.90 Å². The van der Waals surface area contributed by atoms with Crippen molar-refractivity contribution in [1.29, 1.82) is 0 Å². The molecular formula is C8H13NS. The van der Waals surface area contributed by atoms with Gasteiger partial charge in [0.15, 0.2) is 0 Å². The van der Waals surface area contributed by atoms with Crippen molar-refractivity contribution in [2.24, 2.45) is 0 Å². The van der Waals surface area contributed by atoms with Gasteiger partial charge in [-0.3, -0.25) is 4.90 Å². The van der Waals surface area contributed by atoms with E-state index in [9.17, 15) is 0 Å². The van der Waals surface area contributed by atoms with Gasteiger partial charge in [0.1, 0.15) is 0 Å². The molecule has 0 aromatic carbocycles. The van der Waals surface area contributed by atoms with E-state index in [2.05, 4.69) is 23.4 Å². The molecule has 0 aromatic heterocycles. The summed E-state index contributed by atoms with van der Waals surface area (Å²) in [6, 6.07) is 0. The van der Waals surface area contributed by atoms with Gasteiger partial charge in [-0.2, -0.15) is 12.6 Å². The predicted molar refractivity (Wildman–Crippen MR) is 47.3 cm³/mol. The molecule has 0 saturated carbocycles. The minimum absolute atomic E-state index is 0.606. The standard InChI is InChI=1S/C8H13NS/c1-2-5-9-6-3-8(10)4-7-9/h1,8,10H,3-7H2. The number of hydrogen-bond acceptors (Lipinski definition) is 2. The third-order valence-electron chi connectivity index (χ3n) is 1.87. The number of nitrogens with zero attached hydrogens (tertiary/aromatic N) is 1. The lowest BCUT2D eigenvalue weighted by atomic mass is 10.1. The largest absolute Gasteiger partial charge is 0.292 e. The van der Waals surface area contributed by atoms with Gasteiger partial charge in [-0.1, -0.05) is 5.92 Å². The zero-order chi connectivity index (χ0) is 7.40. The Balaban J connectivity index is 2.21. The highest BCUT2D eigenvalue weighted by molar-refractivity contribution is 7.80. The molecule has 1 fully saturated rings. The zero-order valence-corrected chi connectivity index (χ0v) is 6.98.